The first-order valence-corrected chi connectivity index (χ1v) is 10.1. The molecular formula is C22H22O3S. The van der Waals surface area contributed by atoms with Crippen LogP contribution in [0.1, 0.15) is 36.0 Å². The molecule has 134 valence electrons. The lowest BCUT2D eigenvalue weighted by molar-refractivity contribution is -0.161. The van der Waals surface area contributed by atoms with Gasteiger partial charge in [0.1, 0.15) is 16.3 Å². The normalized spacial score (nSPS) is 22.2. The summed E-state index contributed by atoms with van der Waals surface area (Å²) in [6.07, 6.45) is 3.96. The van der Waals surface area contributed by atoms with Gasteiger partial charge in [0.05, 0.1) is 6.42 Å². The predicted molar refractivity (Wildman–Crippen MR) is 104 cm³/mol. The summed E-state index contributed by atoms with van der Waals surface area (Å²) in [6.45, 7) is 0. The highest BCUT2D eigenvalue weighted by molar-refractivity contribution is 8.04. The summed E-state index contributed by atoms with van der Waals surface area (Å²) in [7, 11) is 0. The van der Waals surface area contributed by atoms with Gasteiger partial charge in [0.2, 0.25) is 0 Å². The molecule has 0 saturated heterocycles. The number of thioether (sulfide) groups is 1. The van der Waals surface area contributed by atoms with Gasteiger partial charge in [0.25, 0.3) is 0 Å². The third-order valence-electron chi connectivity index (χ3n) is 5.20. The number of hydrogen-bond acceptors (Lipinski definition) is 4. The number of rotatable bonds is 4. The molecule has 4 heteroatoms. The number of ether oxygens (including phenoxy) is 1. The molecule has 1 atom stereocenters. The van der Waals surface area contributed by atoms with Crippen LogP contribution in [0.3, 0.4) is 0 Å². The Balaban J connectivity index is 1.51. The molecular weight excluding hydrogens is 344 g/mol. The minimum Gasteiger partial charge on any atom is -0.511 e. The molecule has 3 nitrogen and oxygen atoms in total. The van der Waals surface area contributed by atoms with Crippen molar-refractivity contribution in [2.45, 2.75) is 37.7 Å². The highest BCUT2D eigenvalue weighted by Crippen LogP contribution is 2.47. The molecule has 0 amide bonds. The van der Waals surface area contributed by atoms with Gasteiger partial charge in [0, 0.05) is 5.75 Å². The largest absolute Gasteiger partial charge is 0.511 e. The van der Waals surface area contributed by atoms with Crippen LogP contribution in [-0.4, -0.2) is 16.8 Å². The molecule has 0 radical (unpaired) electrons. The van der Waals surface area contributed by atoms with Crippen LogP contribution < -0.4 is 0 Å². The van der Waals surface area contributed by atoms with Gasteiger partial charge in [-0.15, -0.1) is 11.8 Å². The number of fused-ring (bicyclic) bond motifs is 2. The smallest absolute Gasteiger partial charge is 0.348 e. The number of esters is 1. The zero-order valence-electron chi connectivity index (χ0n) is 14.6. The van der Waals surface area contributed by atoms with Crippen LogP contribution in [0.4, 0.5) is 0 Å². The van der Waals surface area contributed by atoms with Gasteiger partial charge in [-0.1, -0.05) is 54.6 Å². The second kappa shape index (κ2) is 7.20. The van der Waals surface area contributed by atoms with E-state index in [-0.39, 0.29) is 11.7 Å². The molecule has 1 aliphatic heterocycles. The number of aliphatic hydroxyl groups is 1. The topological polar surface area (TPSA) is 46.5 Å². The van der Waals surface area contributed by atoms with Gasteiger partial charge in [-0.05, 0) is 42.4 Å². The number of carbonyl (C=O) groups is 1. The van der Waals surface area contributed by atoms with Crippen molar-refractivity contribution in [3.8, 4) is 0 Å². The van der Waals surface area contributed by atoms with E-state index in [1.165, 1.54) is 22.9 Å². The van der Waals surface area contributed by atoms with E-state index in [2.05, 4.69) is 18.2 Å². The highest BCUT2D eigenvalue weighted by Gasteiger charge is 2.45. The zero-order chi connectivity index (χ0) is 18.0. The molecule has 0 bridgehead atoms. The van der Waals surface area contributed by atoms with Crippen LogP contribution in [0.15, 0.2) is 65.3 Å². The monoisotopic (exact) mass is 366 g/mol. The summed E-state index contributed by atoms with van der Waals surface area (Å²) in [5, 5.41) is 10.6. The molecule has 2 aromatic rings. The second-order valence-corrected chi connectivity index (χ2v) is 8.04. The molecule has 0 aromatic heterocycles. The van der Waals surface area contributed by atoms with Crippen molar-refractivity contribution in [2.75, 3.05) is 5.75 Å². The lowest BCUT2D eigenvalue weighted by Crippen LogP contribution is -2.40. The molecule has 2 aliphatic rings. The Morgan fingerprint density at radius 1 is 1.08 bits per heavy atom. The van der Waals surface area contributed by atoms with Crippen molar-refractivity contribution in [2.24, 2.45) is 0 Å². The average molecular weight is 366 g/mol. The lowest BCUT2D eigenvalue weighted by atomic mass is 9.76. The van der Waals surface area contributed by atoms with E-state index in [0.29, 0.717) is 11.3 Å². The third kappa shape index (κ3) is 3.26. The van der Waals surface area contributed by atoms with E-state index < -0.39 is 5.60 Å². The Hall–Kier alpha value is -2.20. The minimum atomic E-state index is -0.695. The molecule has 1 N–H and O–H groups in total. The number of aryl methyl sites for hydroxylation is 2. The Labute approximate surface area is 158 Å². The summed E-state index contributed by atoms with van der Waals surface area (Å²) in [5.74, 6) is 0.529. The van der Waals surface area contributed by atoms with E-state index in [0.717, 1.165) is 37.0 Å². The second-order valence-electron chi connectivity index (χ2n) is 6.93. The van der Waals surface area contributed by atoms with Gasteiger partial charge in [-0.25, -0.2) is 4.79 Å². The van der Waals surface area contributed by atoms with Crippen molar-refractivity contribution in [1.82, 2.24) is 0 Å². The third-order valence-corrected chi connectivity index (χ3v) is 6.30. The average Bonchev–Trinajstić information content (AvgIpc) is 2.65. The summed E-state index contributed by atoms with van der Waals surface area (Å²) < 4.78 is 5.95. The van der Waals surface area contributed by atoms with E-state index in [1.54, 1.807) is 0 Å². The molecule has 0 saturated carbocycles. The summed E-state index contributed by atoms with van der Waals surface area (Å²) in [4.78, 5) is 13.0. The molecule has 1 aliphatic carbocycles. The standard InChI is InChI=1S/C22H22O3S/c23-19-15-22(13-6-10-17-9-4-5-11-18(17)22)25-21(24)20(19)26-14-12-16-7-2-1-3-8-16/h1-5,7-9,11,23H,6,10,12-15H2. The van der Waals surface area contributed by atoms with Gasteiger partial charge < -0.3 is 9.84 Å². The van der Waals surface area contributed by atoms with Crippen LogP contribution in [-0.2, 0) is 28.0 Å². The van der Waals surface area contributed by atoms with Crippen LogP contribution >= 0.6 is 11.8 Å². The Kier molecular flexibility index (Phi) is 4.77. The van der Waals surface area contributed by atoms with Crippen LogP contribution in [0.2, 0.25) is 0 Å². The van der Waals surface area contributed by atoms with Gasteiger partial charge in [-0.2, -0.15) is 0 Å². The molecule has 4 rings (SSSR count). The van der Waals surface area contributed by atoms with Crippen LogP contribution in [0.25, 0.3) is 0 Å². The number of aliphatic hydroxyl groups excluding tert-OH is 1. The Bertz CT molecular complexity index is 843. The summed E-state index contributed by atoms with van der Waals surface area (Å²) >= 11 is 1.39. The van der Waals surface area contributed by atoms with Crippen molar-refractivity contribution >= 4 is 17.7 Å². The maximum Gasteiger partial charge on any atom is 0.348 e. The van der Waals surface area contributed by atoms with Crippen LogP contribution in [0, 0.1) is 0 Å². The maximum absolute atomic E-state index is 12.7. The fraction of sp³-hybridized carbons (Fsp3) is 0.318. The first-order valence-electron chi connectivity index (χ1n) is 9.08. The fourth-order valence-corrected chi connectivity index (χ4v) is 4.90. The Morgan fingerprint density at radius 2 is 1.85 bits per heavy atom. The quantitative estimate of drug-likeness (QED) is 0.781. The van der Waals surface area contributed by atoms with E-state index in [9.17, 15) is 9.90 Å². The van der Waals surface area contributed by atoms with E-state index in [1.807, 2.05) is 36.4 Å². The van der Waals surface area contributed by atoms with Gasteiger partial charge >= 0.3 is 5.97 Å². The van der Waals surface area contributed by atoms with Crippen molar-refractivity contribution in [1.29, 1.82) is 0 Å². The SMILES string of the molecule is O=C1OC2(CCCc3ccccc32)CC(O)=C1SCCc1ccccc1. The van der Waals surface area contributed by atoms with Crippen molar-refractivity contribution in [3.05, 3.63) is 82.0 Å². The van der Waals surface area contributed by atoms with Gasteiger partial charge in [0.15, 0.2) is 0 Å². The van der Waals surface area contributed by atoms with Crippen molar-refractivity contribution in [3.63, 3.8) is 0 Å². The maximum atomic E-state index is 12.7. The van der Waals surface area contributed by atoms with E-state index >= 15 is 0 Å². The Morgan fingerprint density at radius 3 is 2.65 bits per heavy atom. The lowest BCUT2D eigenvalue weighted by Gasteiger charge is -2.41. The number of benzene rings is 2. The predicted octanol–water partition coefficient (Wildman–Crippen LogP) is 4.91. The van der Waals surface area contributed by atoms with E-state index in [4.69, 9.17) is 4.74 Å². The molecule has 1 heterocycles. The van der Waals surface area contributed by atoms with Crippen molar-refractivity contribution < 1.29 is 14.6 Å². The molecule has 26 heavy (non-hydrogen) atoms. The first kappa shape index (κ1) is 17.2. The fourth-order valence-electron chi connectivity index (χ4n) is 3.96. The summed E-state index contributed by atoms with van der Waals surface area (Å²) in [5.41, 5.74) is 2.81. The molecule has 1 unspecified atom stereocenters. The number of carbonyl (C=O) groups excluding carboxylic acids is 1. The summed E-state index contributed by atoms with van der Waals surface area (Å²) in [6, 6.07) is 18.3. The minimum absolute atomic E-state index is 0.177. The number of hydrogen-bond donors (Lipinski definition) is 1. The highest BCUT2D eigenvalue weighted by atomic mass is 32.2. The first-order chi connectivity index (χ1) is 12.7. The van der Waals surface area contributed by atoms with Crippen LogP contribution in [0.5, 0.6) is 0 Å². The molecule has 1 spiro atoms. The molecule has 0 fully saturated rings. The molecule has 2 aromatic carbocycles. The zero-order valence-corrected chi connectivity index (χ0v) is 15.4. The van der Waals surface area contributed by atoms with Gasteiger partial charge in [-0.3, -0.25) is 0 Å².